The molecule has 3 aromatic rings. The number of ether oxygens (including phenoxy) is 8. The van der Waals surface area contributed by atoms with Crippen molar-refractivity contribution >= 4 is 42.0 Å². The van der Waals surface area contributed by atoms with E-state index < -0.39 is 164 Å². The van der Waals surface area contributed by atoms with Crippen molar-refractivity contribution in [2.24, 2.45) is 0 Å². The van der Waals surface area contributed by atoms with E-state index in [1.165, 1.54) is 18.2 Å². The van der Waals surface area contributed by atoms with Crippen LogP contribution in [0.3, 0.4) is 0 Å². The van der Waals surface area contributed by atoms with Gasteiger partial charge in [-0.25, -0.2) is 4.79 Å². The lowest BCUT2D eigenvalue weighted by molar-refractivity contribution is -0.296. The molecule has 3 aliphatic rings. The number of aliphatic carboxylic acids is 2. The molecule has 0 saturated carbocycles. The topological polar surface area (TPSA) is 426 Å². The monoisotopic (exact) mass is 963 g/mol. The predicted octanol–water partition coefficient (Wildman–Crippen LogP) is -1.43. The highest BCUT2D eigenvalue weighted by Crippen LogP contribution is 2.48. The number of aliphatic hydroxyl groups is 6. The number of aliphatic hydroxyl groups excluding tert-OH is 5. The van der Waals surface area contributed by atoms with Crippen LogP contribution in [0.1, 0.15) is 35.6 Å². The zero-order valence-electron chi connectivity index (χ0n) is 34.6. The number of carboxylic acids is 2. The molecule has 2 fully saturated rings. The third-order valence-electron chi connectivity index (χ3n) is 10.2. The summed E-state index contributed by atoms with van der Waals surface area (Å²) in [5, 5.41) is 134. The molecule has 14 N–H and O–H groups in total. The Balaban J connectivity index is 1.30. The fourth-order valence-corrected chi connectivity index (χ4v) is 6.87. The minimum atomic E-state index is -2.18. The molecule has 1 unspecified atom stereocenters. The number of fused-ring (bicyclic) bond motifs is 1. The predicted molar refractivity (Wildman–Crippen MR) is 216 cm³/mol. The van der Waals surface area contributed by atoms with Crippen molar-refractivity contribution in [1.29, 1.82) is 0 Å². The molecule has 2 saturated heterocycles. The smallest absolute Gasteiger partial charge is 0.330 e. The van der Waals surface area contributed by atoms with Gasteiger partial charge in [0.25, 0.3) is 11.9 Å². The van der Waals surface area contributed by atoms with Crippen molar-refractivity contribution in [2.45, 2.75) is 80.4 Å². The Morgan fingerprint density at radius 3 is 1.93 bits per heavy atom. The number of esters is 3. The molecule has 11 atom stereocenters. The second-order valence-electron chi connectivity index (χ2n) is 15.1. The Morgan fingerprint density at radius 1 is 0.647 bits per heavy atom. The van der Waals surface area contributed by atoms with Gasteiger partial charge in [0.05, 0.1) is 11.6 Å². The second kappa shape index (κ2) is 20.9. The van der Waals surface area contributed by atoms with Crippen LogP contribution in [0.4, 0.5) is 0 Å². The lowest BCUT2D eigenvalue weighted by Crippen LogP contribution is -2.61. The molecule has 0 radical (unpaired) electrons. The van der Waals surface area contributed by atoms with Crippen LogP contribution < -0.4 is 4.74 Å². The number of benzene rings is 3. The van der Waals surface area contributed by atoms with Gasteiger partial charge < -0.3 is 104 Å². The van der Waals surface area contributed by atoms with Gasteiger partial charge in [0.1, 0.15) is 85.8 Å². The fourth-order valence-electron chi connectivity index (χ4n) is 6.87. The van der Waals surface area contributed by atoms with Crippen molar-refractivity contribution in [1.82, 2.24) is 0 Å². The van der Waals surface area contributed by atoms with Gasteiger partial charge in [0, 0.05) is 18.2 Å². The number of hydrogen-bond donors (Lipinski definition) is 13. The molecule has 26 heteroatoms. The highest BCUT2D eigenvalue weighted by Gasteiger charge is 2.50. The SMILES string of the molecule is O=C(O)CC(=O)OC[C@@H]1O[C@@H](Oc2cc(O)cc3c2C=C(O[C@@H]2O[C@@H](COC(=O)/C=C/c4ccc(O)c(O)c4)[C@@H](O)[C@H](O)[C@@H]2O)C(c2cc(O)c(O)c(O)c2)[OH+]3)[C@H](O)[C@@H](O)[C@@H]1OC(=O)CC(=O)O. The summed E-state index contributed by atoms with van der Waals surface area (Å²) < 4.78 is 42.9. The maximum Gasteiger partial charge on any atom is 0.330 e. The molecule has 0 aliphatic carbocycles. The first kappa shape index (κ1) is 49.8. The maximum absolute atomic E-state index is 12.6. The summed E-state index contributed by atoms with van der Waals surface area (Å²) in [6.07, 6.45) is -20.2. The first-order chi connectivity index (χ1) is 32.1. The van der Waals surface area contributed by atoms with Crippen LogP contribution in [0, 0.1) is 0 Å². The van der Waals surface area contributed by atoms with Crippen molar-refractivity contribution in [2.75, 3.05) is 13.2 Å². The van der Waals surface area contributed by atoms with E-state index in [1.54, 1.807) is 0 Å². The number of phenolic OH excluding ortho intramolecular Hbond substituents is 6. The summed E-state index contributed by atoms with van der Waals surface area (Å²) >= 11 is 0. The van der Waals surface area contributed by atoms with Crippen molar-refractivity contribution in [3.8, 4) is 46.0 Å². The Kier molecular flexibility index (Phi) is 15.3. The number of carboxylic acid groups (broad SMARTS) is 2. The van der Waals surface area contributed by atoms with E-state index in [2.05, 4.69) is 4.74 Å². The third kappa shape index (κ3) is 11.7. The molecular formula is C42H43O26+. The van der Waals surface area contributed by atoms with Crippen molar-refractivity contribution in [3.63, 3.8) is 0 Å². The van der Waals surface area contributed by atoms with E-state index in [4.69, 9.17) is 43.4 Å². The summed E-state index contributed by atoms with van der Waals surface area (Å²) in [5.74, 6) is -12.0. The molecule has 0 spiro atoms. The van der Waals surface area contributed by atoms with Crippen LogP contribution in [0.2, 0.25) is 0 Å². The summed E-state index contributed by atoms with van der Waals surface area (Å²) in [4.78, 5) is 59.1. The minimum absolute atomic E-state index is 0.122. The first-order valence-electron chi connectivity index (χ1n) is 19.8. The second-order valence-corrected chi connectivity index (χ2v) is 15.1. The van der Waals surface area contributed by atoms with Crippen LogP contribution in [-0.2, 0) is 52.4 Å². The molecule has 0 amide bonds. The van der Waals surface area contributed by atoms with E-state index in [-0.39, 0.29) is 28.2 Å². The van der Waals surface area contributed by atoms with Gasteiger partial charge >= 0.3 is 29.8 Å². The number of phenols is 6. The highest BCUT2D eigenvalue weighted by atomic mass is 16.7. The molecule has 26 nitrogen and oxygen atoms in total. The van der Waals surface area contributed by atoms with Crippen LogP contribution in [-0.4, -0.2) is 176 Å². The van der Waals surface area contributed by atoms with Gasteiger partial charge in [-0.2, -0.15) is 0 Å². The number of hydrogen-bond acceptors (Lipinski definition) is 23. The van der Waals surface area contributed by atoms with Gasteiger partial charge in [-0.15, -0.1) is 0 Å². The van der Waals surface area contributed by atoms with E-state index in [0.717, 1.165) is 42.5 Å². The van der Waals surface area contributed by atoms with Crippen LogP contribution in [0.15, 0.2) is 54.3 Å². The van der Waals surface area contributed by atoms with Crippen LogP contribution in [0.25, 0.3) is 12.2 Å². The van der Waals surface area contributed by atoms with E-state index in [9.17, 15) is 80.1 Å². The molecule has 0 bridgehead atoms. The van der Waals surface area contributed by atoms with Gasteiger partial charge in [0.2, 0.25) is 12.6 Å². The largest absolute Gasteiger partial charge is 0.571 e. The average molecular weight is 964 g/mol. The molecule has 6 rings (SSSR count). The molecule has 366 valence electrons. The zero-order valence-corrected chi connectivity index (χ0v) is 34.6. The molecule has 3 aromatic carbocycles. The average Bonchev–Trinajstić information content (AvgIpc) is 3.26. The normalized spacial score (nSPS) is 26.6. The summed E-state index contributed by atoms with van der Waals surface area (Å²) in [5.41, 5.74) is 0.00608. The summed E-state index contributed by atoms with van der Waals surface area (Å²) in [6, 6.07) is 7.61. The number of carbonyl (C=O) groups excluding carboxylic acids is 3. The summed E-state index contributed by atoms with van der Waals surface area (Å²) in [7, 11) is 0. The van der Waals surface area contributed by atoms with Crippen LogP contribution in [0.5, 0.6) is 46.0 Å². The quantitative estimate of drug-likeness (QED) is 0.0195. The highest BCUT2D eigenvalue weighted by molar-refractivity contribution is 5.91. The lowest BCUT2D eigenvalue weighted by atomic mass is 9.98. The zero-order chi connectivity index (χ0) is 49.7. The van der Waals surface area contributed by atoms with E-state index in [0.29, 0.717) is 0 Å². The standard InChI is InChI=1S/C42H42O26/c43-17-8-23-18(24(9-17)64-42-38(60)36(58)40(68-32(54)12-29(50)51)27(67-42)14-62-31(53)11-28(48)49)10-25(39(63-23)16-6-21(46)33(55)22(47)7-16)65-41-37(59)35(57)34(56)26(66-41)13-61-30(52)4-2-15-1-3-19(44)20(45)5-15/h1-10,26-27,34-47,55-60H,11-14H2,(H,48,49)(H,50,51)/p+1/b4-2+/t26-,27-,34+,35-,36+,37-,38+,39?,40+,41+,42+/m0/s1. The van der Waals surface area contributed by atoms with Crippen molar-refractivity contribution < 1.29 is 128 Å². The number of aromatic hydroxyl groups is 7. The maximum atomic E-state index is 12.6. The van der Waals surface area contributed by atoms with Crippen molar-refractivity contribution in [3.05, 3.63) is 71.0 Å². The van der Waals surface area contributed by atoms with Gasteiger partial charge in [-0.05, 0) is 35.9 Å². The third-order valence-corrected chi connectivity index (χ3v) is 10.2. The molecule has 3 aliphatic heterocycles. The van der Waals surface area contributed by atoms with Crippen LogP contribution >= 0.6 is 0 Å². The Hall–Kier alpha value is -7.59. The summed E-state index contributed by atoms with van der Waals surface area (Å²) in [6.45, 7) is -1.71. The molecule has 3 heterocycles. The lowest BCUT2D eigenvalue weighted by Gasteiger charge is -2.42. The molecular weight excluding hydrogens is 920 g/mol. The number of rotatable bonds is 16. The molecule has 0 aromatic heterocycles. The van der Waals surface area contributed by atoms with Gasteiger partial charge in [0.15, 0.2) is 40.6 Å². The Labute approximate surface area is 380 Å². The van der Waals surface area contributed by atoms with Gasteiger partial charge in [-0.3, -0.25) is 19.2 Å². The Bertz CT molecular complexity index is 2440. The minimum Gasteiger partial charge on any atom is -0.571 e. The van der Waals surface area contributed by atoms with E-state index in [1.807, 2.05) is 0 Å². The first-order valence-corrected chi connectivity index (χ1v) is 19.8. The number of carbonyl (C=O) groups is 5. The molecule has 68 heavy (non-hydrogen) atoms. The Morgan fingerprint density at radius 2 is 1.26 bits per heavy atom. The van der Waals surface area contributed by atoms with E-state index >= 15 is 0 Å². The van der Waals surface area contributed by atoms with Gasteiger partial charge in [-0.1, -0.05) is 6.07 Å². The fraction of sp³-hybridized carbons (Fsp3) is 0.357.